The molecule has 4 aromatic carbocycles. The zero-order chi connectivity index (χ0) is 27.7. The quantitative estimate of drug-likeness (QED) is 0.178. The van der Waals surface area contributed by atoms with Gasteiger partial charge in [-0.25, -0.2) is 4.39 Å². The van der Waals surface area contributed by atoms with Crippen LogP contribution in [-0.2, 0) is 9.36 Å². The van der Waals surface area contributed by atoms with Crippen molar-refractivity contribution in [2.45, 2.75) is 25.0 Å². The molecule has 1 saturated heterocycles. The van der Waals surface area contributed by atoms with Gasteiger partial charge in [0.05, 0.1) is 23.4 Å². The summed E-state index contributed by atoms with van der Waals surface area (Å²) in [4.78, 5) is 34.4. The maximum absolute atomic E-state index is 13.6. The summed E-state index contributed by atoms with van der Waals surface area (Å²) in [5, 5.41) is 21.6. The number of aliphatic hydroxyl groups excluding tert-OH is 1. The Kier molecular flexibility index (Phi) is 7.38. The number of aromatic hydroxyl groups is 1. The van der Waals surface area contributed by atoms with Gasteiger partial charge in [-0.2, -0.15) is 0 Å². The molecular weight excluding hydrogens is 520 g/mol. The highest BCUT2D eigenvalue weighted by Gasteiger charge is 2.49. The molecule has 1 aliphatic heterocycles. The second kappa shape index (κ2) is 10.8. The van der Waals surface area contributed by atoms with Crippen LogP contribution in [0.1, 0.15) is 36.1 Å². The van der Waals surface area contributed by atoms with E-state index >= 15 is 0 Å². The molecule has 0 spiro atoms. The van der Waals surface area contributed by atoms with E-state index in [-0.39, 0.29) is 22.5 Å². The Morgan fingerprint density at radius 3 is 2.23 bits per heavy atom. The number of amides is 1. The van der Waals surface area contributed by atoms with Crippen molar-refractivity contribution in [3.8, 4) is 16.9 Å². The van der Waals surface area contributed by atoms with E-state index in [9.17, 15) is 33.7 Å². The smallest absolute Gasteiger partial charge is 0.356 e. The Bertz CT molecular complexity index is 1540. The van der Waals surface area contributed by atoms with Gasteiger partial charge < -0.3 is 24.9 Å². The molecule has 0 radical (unpaired) electrons. The summed E-state index contributed by atoms with van der Waals surface area (Å²) in [7, 11) is -4.57. The van der Waals surface area contributed by atoms with E-state index in [1.807, 2.05) is 30.3 Å². The fourth-order valence-corrected chi connectivity index (χ4v) is 5.99. The maximum atomic E-state index is 13.6. The molecule has 3 atom stereocenters. The molecule has 0 unspecified atom stereocenters. The van der Waals surface area contributed by atoms with Crippen LogP contribution in [0.15, 0.2) is 97.1 Å². The van der Waals surface area contributed by atoms with Gasteiger partial charge in [-0.1, -0.05) is 60.7 Å². The summed E-state index contributed by atoms with van der Waals surface area (Å²) < 4.78 is 25.6. The van der Waals surface area contributed by atoms with E-state index in [2.05, 4.69) is 0 Å². The van der Waals surface area contributed by atoms with Crippen molar-refractivity contribution in [1.82, 2.24) is 0 Å². The van der Waals surface area contributed by atoms with Crippen LogP contribution >= 0.6 is 7.60 Å². The number of halogens is 1. The zero-order valence-electron chi connectivity index (χ0n) is 20.8. The Morgan fingerprint density at radius 2 is 1.56 bits per heavy atom. The fraction of sp³-hybridized carbons (Fsp3) is 0.167. The second-order valence-corrected chi connectivity index (χ2v) is 11.1. The zero-order valence-corrected chi connectivity index (χ0v) is 21.7. The molecule has 4 aromatic rings. The minimum Gasteiger partial charge on any atom is -0.508 e. The van der Waals surface area contributed by atoms with Gasteiger partial charge in [0.15, 0.2) is 0 Å². The number of carbonyl (C=O) groups is 1. The van der Waals surface area contributed by atoms with Crippen molar-refractivity contribution < 1.29 is 33.7 Å². The summed E-state index contributed by atoms with van der Waals surface area (Å²) in [5.41, 5.74) is 2.35. The molecular formula is C30H27FNO6P. The van der Waals surface area contributed by atoms with Gasteiger partial charge in [-0.15, -0.1) is 0 Å². The topological polar surface area (TPSA) is 118 Å². The summed E-state index contributed by atoms with van der Waals surface area (Å²) in [5.74, 6) is -1.34. The van der Waals surface area contributed by atoms with Gasteiger partial charge in [-0.05, 0) is 65.9 Å². The van der Waals surface area contributed by atoms with E-state index in [1.165, 1.54) is 47.4 Å². The molecule has 5 rings (SSSR count). The number of hydrogen-bond donors (Lipinski definition) is 4. The van der Waals surface area contributed by atoms with Crippen molar-refractivity contribution in [2.75, 3.05) is 4.90 Å². The van der Waals surface area contributed by atoms with E-state index < -0.39 is 31.5 Å². The summed E-state index contributed by atoms with van der Waals surface area (Å²) in [6.07, 6.45) is -0.0954. The first-order chi connectivity index (χ1) is 18.6. The average Bonchev–Trinajstić information content (AvgIpc) is 2.93. The standard InChI is InChI=1S/C30H27FNO6P/c31-21-11-13-22(14-12-21)32-29(25(30(32)35)16-17-26(33)19-6-2-1-3-7-19)24-15-10-20(18-27(24)34)23-8-4-5-9-28(23)39(36,37)38/h1-15,18,25-26,29,33-34H,16-17H2,(H2,36,37,38)/t25-,26+,29-/m1/s1. The van der Waals surface area contributed by atoms with E-state index in [1.54, 1.807) is 24.3 Å². The largest absolute Gasteiger partial charge is 0.508 e. The Hall–Kier alpha value is -3.81. The molecule has 0 bridgehead atoms. The number of rotatable bonds is 8. The summed E-state index contributed by atoms with van der Waals surface area (Å²) >= 11 is 0. The molecule has 9 heteroatoms. The number of nitrogens with zero attached hydrogens (tertiary/aromatic N) is 1. The van der Waals surface area contributed by atoms with Crippen LogP contribution in [0.2, 0.25) is 0 Å². The lowest BCUT2D eigenvalue weighted by atomic mass is 9.77. The predicted molar refractivity (Wildman–Crippen MR) is 146 cm³/mol. The molecule has 7 nitrogen and oxygen atoms in total. The normalized spacial score (nSPS) is 18.1. The average molecular weight is 548 g/mol. The van der Waals surface area contributed by atoms with E-state index in [0.717, 1.165) is 5.56 Å². The highest BCUT2D eigenvalue weighted by atomic mass is 31.2. The van der Waals surface area contributed by atoms with Crippen LogP contribution in [-0.4, -0.2) is 25.9 Å². The van der Waals surface area contributed by atoms with Crippen LogP contribution < -0.4 is 10.2 Å². The number of phenols is 1. The highest BCUT2D eigenvalue weighted by molar-refractivity contribution is 7.60. The summed E-state index contributed by atoms with van der Waals surface area (Å²) in [6, 6.07) is 24.9. The molecule has 1 amide bonds. The number of hydrogen-bond acceptors (Lipinski definition) is 4. The van der Waals surface area contributed by atoms with Gasteiger partial charge in [0.2, 0.25) is 5.91 Å². The molecule has 1 fully saturated rings. The molecule has 4 N–H and O–H groups in total. The van der Waals surface area contributed by atoms with Crippen molar-refractivity contribution in [3.63, 3.8) is 0 Å². The third kappa shape index (κ3) is 5.37. The van der Waals surface area contributed by atoms with Crippen molar-refractivity contribution in [2.24, 2.45) is 5.92 Å². The van der Waals surface area contributed by atoms with E-state index in [0.29, 0.717) is 29.7 Å². The van der Waals surface area contributed by atoms with E-state index in [4.69, 9.17) is 0 Å². The maximum Gasteiger partial charge on any atom is 0.356 e. The fourth-order valence-electron chi connectivity index (χ4n) is 5.19. The predicted octanol–water partition coefficient (Wildman–Crippen LogP) is 5.22. The SMILES string of the molecule is O=C1[C@H](CC[C@H](O)c2ccccc2)[C@@H](c2ccc(-c3ccccc3P(=O)(O)O)cc2O)N1c1ccc(F)cc1. The molecule has 0 aromatic heterocycles. The summed E-state index contributed by atoms with van der Waals surface area (Å²) in [6.45, 7) is 0. The van der Waals surface area contributed by atoms with Gasteiger partial charge in [-0.3, -0.25) is 9.36 Å². The first kappa shape index (κ1) is 26.8. The Morgan fingerprint density at radius 1 is 0.897 bits per heavy atom. The van der Waals surface area contributed by atoms with Crippen LogP contribution in [0, 0.1) is 11.7 Å². The third-order valence-electron chi connectivity index (χ3n) is 7.13. The van der Waals surface area contributed by atoms with Crippen LogP contribution in [0.4, 0.5) is 10.1 Å². The number of anilines is 1. The van der Waals surface area contributed by atoms with Gasteiger partial charge >= 0.3 is 7.60 Å². The number of aliphatic hydroxyl groups is 1. The lowest BCUT2D eigenvalue weighted by Gasteiger charge is -2.48. The molecule has 1 aliphatic rings. The highest BCUT2D eigenvalue weighted by Crippen LogP contribution is 2.49. The molecule has 0 saturated carbocycles. The number of carbonyl (C=O) groups excluding carboxylic acids is 1. The molecule has 39 heavy (non-hydrogen) atoms. The Labute approximate surface area is 225 Å². The number of β-lactam (4-membered cyclic amide) rings is 1. The monoisotopic (exact) mass is 547 g/mol. The van der Waals surface area contributed by atoms with Crippen molar-refractivity contribution in [3.05, 3.63) is 114 Å². The first-order valence-electron chi connectivity index (χ1n) is 12.4. The lowest BCUT2D eigenvalue weighted by Crippen LogP contribution is -2.55. The minimum absolute atomic E-state index is 0.147. The van der Waals surface area contributed by atoms with Crippen molar-refractivity contribution in [1.29, 1.82) is 0 Å². The van der Waals surface area contributed by atoms with Crippen LogP contribution in [0.5, 0.6) is 5.75 Å². The van der Waals surface area contributed by atoms with Gasteiger partial charge in [0.25, 0.3) is 0 Å². The van der Waals surface area contributed by atoms with Gasteiger partial charge in [0.1, 0.15) is 11.6 Å². The van der Waals surface area contributed by atoms with Crippen LogP contribution in [0.25, 0.3) is 11.1 Å². The lowest BCUT2D eigenvalue weighted by molar-refractivity contribution is -0.131. The number of phenolic OH excluding ortho intramolecular Hbond substituents is 1. The van der Waals surface area contributed by atoms with Crippen molar-refractivity contribution >= 4 is 24.5 Å². The molecule has 200 valence electrons. The molecule has 1 heterocycles. The second-order valence-electron chi connectivity index (χ2n) is 9.57. The van der Waals surface area contributed by atoms with Gasteiger partial charge in [0, 0.05) is 11.3 Å². The van der Waals surface area contributed by atoms with Crippen LogP contribution in [0.3, 0.4) is 0 Å². The number of benzene rings is 4. The minimum atomic E-state index is -4.57. The Balaban J connectivity index is 1.48. The molecule has 0 aliphatic carbocycles. The third-order valence-corrected chi connectivity index (χ3v) is 8.15. The first-order valence-corrected chi connectivity index (χ1v) is 14.1.